The van der Waals surface area contributed by atoms with Crippen LogP contribution in [0.2, 0.25) is 0 Å². The van der Waals surface area contributed by atoms with Crippen molar-refractivity contribution in [2.45, 2.75) is 32.2 Å². The Hall–Kier alpha value is -1.56. The number of piperidine rings is 1. The number of halogens is 1. The number of ether oxygens (including phenoxy) is 1. The lowest BCUT2D eigenvalue weighted by atomic mass is 9.95. The van der Waals surface area contributed by atoms with Crippen LogP contribution in [0.4, 0.5) is 0 Å². The van der Waals surface area contributed by atoms with E-state index in [0.29, 0.717) is 19.6 Å². The highest BCUT2D eigenvalue weighted by molar-refractivity contribution is 9.10. The van der Waals surface area contributed by atoms with E-state index < -0.39 is 0 Å². The second-order valence-electron chi connectivity index (χ2n) is 7.02. The zero-order valence-corrected chi connectivity index (χ0v) is 16.4. The van der Waals surface area contributed by atoms with Crippen LogP contribution in [0.3, 0.4) is 0 Å². The van der Waals surface area contributed by atoms with E-state index in [9.17, 15) is 9.59 Å². The molecule has 5 nitrogen and oxygen atoms in total. The van der Waals surface area contributed by atoms with Crippen molar-refractivity contribution >= 4 is 27.7 Å². The second kappa shape index (κ2) is 7.77. The molecule has 2 amide bonds. The van der Waals surface area contributed by atoms with Gasteiger partial charge >= 0.3 is 0 Å². The number of hydrogen-bond donors (Lipinski definition) is 0. The molecule has 136 valence electrons. The molecular weight excluding hydrogens is 384 g/mol. The molecule has 0 spiro atoms. The van der Waals surface area contributed by atoms with Crippen molar-refractivity contribution in [1.29, 1.82) is 0 Å². The third-order valence-corrected chi connectivity index (χ3v) is 5.60. The van der Waals surface area contributed by atoms with Gasteiger partial charge in [-0.15, -0.1) is 0 Å². The van der Waals surface area contributed by atoms with Crippen molar-refractivity contribution in [2.24, 2.45) is 11.8 Å². The van der Waals surface area contributed by atoms with E-state index in [2.05, 4.69) is 15.9 Å². The first-order valence-corrected chi connectivity index (χ1v) is 9.65. The lowest BCUT2D eigenvalue weighted by Crippen LogP contribution is -2.43. The lowest BCUT2D eigenvalue weighted by Gasteiger charge is -2.33. The first-order valence-electron chi connectivity index (χ1n) is 8.85. The molecule has 1 saturated carbocycles. The van der Waals surface area contributed by atoms with Gasteiger partial charge in [0.1, 0.15) is 5.75 Å². The molecule has 6 heteroatoms. The molecule has 3 rings (SSSR count). The number of likely N-dealkylation sites (tertiary alicyclic amines) is 1. The van der Waals surface area contributed by atoms with Gasteiger partial charge in [-0.05, 0) is 43.9 Å². The fourth-order valence-electron chi connectivity index (χ4n) is 3.45. The topological polar surface area (TPSA) is 49.9 Å². The maximum atomic E-state index is 12.8. The number of amides is 2. The van der Waals surface area contributed by atoms with Gasteiger partial charge < -0.3 is 14.5 Å². The monoisotopic (exact) mass is 408 g/mol. The Morgan fingerprint density at radius 3 is 2.48 bits per heavy atom. The first kappa shape index (κ1) is 18.2. The van der Waals surface area contributed by atoms with E-state index in [1.165, 1.54) is 0 Å². The molecule has 0 bridgehead atoms. The molecule has 1 heterocycles. The lowest BCUT2D eigenvalue weighted by molar-refractivity contribution is -0.140. The van der Waals surface area contributed by atoms with Crippen LogP contribution in [0.15, 0.2) is 22.7 Å². The maximum Gasteiger partial charge on any atom is 0.225 e. The normalized spacial score (nSPS) is 18.1. The first-order chi connectivity index (χ1) is 12.0. The van der Waals surface area contributed by atoms with Crippen LogP contribution < -0.4 is 4.74 Å². The minimum atomic E-state index is 0.00593. The standard InChI is InChI=1S/C19H25BrN2O3/c1-21(12-15-11-16(20)5-6-17(15)25-2)18(23)14-7-9-22(10-8-14)19(24)13-3-4-13/h5-6,11,13-14H,3-4,7-10,12H2,1-2H3. The molecule has 1 aliphatic carbocycles. The third kappa shape index (κ3) is 4.35. The van der Waals surface area contributed by atoms with Crippen molar-refractivity contribution in [3.05, 3.63) is 28.2 Å². The van der Waals surface area contributed by atoms with Crippen LogP contribution in [0, 0.1) is 11.8 Å². The van der Waals surface area contributed by atoms with Crippen LogP contribution in [-0.2, 0) is 16.1 Å². The fraction of sp³-hybridized carbons (Fsp3) is 0.579. The van der Waals surface area contributed by atoms with Gasteiger partial charge in [0.25, 0.3) is 0 Å². The Morgan fingerprint density at radius 1 is 1.20 bits per heavy atom. The Labute approximate surface area is 157 Å². The van der Waals surface area contributed by atoms with E-state index in [0.717, 1.165) is 41.5 Å². The average molecular weight is 409 g/mol. The number of methoxy groups -OCH3 is 1. The van der Waals surface area contributed by atoms with Crippen molar-refractivity contribution in [2.75, 3.05) is 27.2 Å². The zero-order valence-electron chi connectivity index (χ0n) is 14.8. The van der Waals surface area contributed by atoms with Gasteiger partial charge in [0.05, 0.1) is 7.11 Å². The summed E-state index contributed by atoms with van der Waals surface area (Å²) in [6.45, 7) is 1.93. The molecule has 0 atom stereocenters. The molecule has 2 fully saturated rings. The van der Waals surface area contributed by atoms with Crippen LogP contribution in [0.1, 0.15) is 31.2 Å². The second-order valence-corrected chi connectivity index (χ2v) is 7.94. The predicted molar refractivity (Wildman–Crippen MR) is 99.2 cm³/mol. The summed E-state index contributed by atoms with van der Waals surface area (Å²) in [5.74, 6) is 1.50. The number of benzene rings is 1. The summed E-state index contributed by atoms with van der Waals surface area (Å²) in [4.78, 5) is 28.6. The van der Waals surface area contributed by atoms with Crippen LogP contribution in [-0.4, -0.2) is 48.9 Å². The summed E-state index contributed by atoms with van der Waals surface area (Å²) in [7, 11) is 3.48. The van der Waals surface area contributed by atoms with Gasteiger partial charge in [-0.1, -0.05) is 15.9 Å². The maximum absolute atomic E-state index is 12.8. The molecule has 1 aliphatic heterocycles. The van der Waals surface area contributed by atoms with Crippen molar-refractivity contribution in [3.63, 3.8) is 0 Å². The summed E-state index contributed by atoms with van der Waals surface area (Å²) in [5.41, 5.74) is 0.981. The third-order valence-electron chi connectivity index (χ3n) is 5.11. The van der Waals surface area contributed by atoms with Gasteiger partial charge in [0.15, 0.2) is 0 Å². The Bertz CT molecular complexity index is 652. The SMILES string of the molecule is COc1ccc(Br)cc1CN(C)C(=O)C1CCN(C(=O)C2CC2)CC1. The van der Waals surface area contributed by atoms with Gasteiger partial charge in [-0.25, -0.2) is 0 Å². The quantitative estimate of drug-likeness (QED) is 0.751. The smallest absolute Gasteiger partial charge is 0.225 e. The molecule has 1 saturated heterocycles. The summed E-state index contributed by atoms with van der Waals surface area (Å²) in [6, 6.07) is 5.82. The number of hydrogen-bond acceptors (Lipinski definition) is 3. The minimum absolute atomic E-state index is 0.00593. The average Bonchev–Trinajstić information content (AvgIpc) is 3.46. The van der Waals surface area contributed by atoms with Gasteiger partial charge in [0, 0.05) is 48.6 Å². The molecule has 0 N–H and O–H groups in total. The molecule has 0 aromatic heterocycles. The minimum Gasteiger partial charge on any atom is -0.496 e. The molecular formula is C19H25BrN2O3. The molecule has 25 heavy (non-hydrogen) atoms. The van der Waals surface area contributed by atoms with Gasteiger partial charge in [0.2, 0.25) is 11.8 Å². The van der Waals surface area contributed by atoms with Gasteiger partial charge in [-0.2, -0.15) is 0 Å². The van der Waals surface area contributed by atoms with E-state index in [4.69, 9.17) is 4.74 Å². The molecule has 2 aliphatic rings. The van der Waals surface area contributed by atoms with Crippen LogP contribution in [0.5, 0.6) is 5.75 Å². The van der Waals surface area contributed by atoms with E-state index in [1.807, 2.05) is 30.1 Å². The van der Waals surface area contributed by atoms with Gasteiger partial charge in [-0.3, -0.25) is 9.59 Å². The Kier molecular flexibility index (Phi) is 5.67. The number of rotatable bonds is 5. The predicted octanol–water partition coefficient (Wildman–Crippen LogP) is 3.06. The number of nitrogens with zero attached hydrogens (tertiary/aromatic N) is 2. The fourth-order valence-corrected chi connectivity index (χ4v) is 3.86. The van der Waals surface area contributed by atoms with Crippen LogP contribution >= 0.6 is 15.9 Å². The Balaban J connectivity index is 1.56. The highest BCUT2D eigenvalue weighted by Crippen LogP contribution is 2.33. The molecule has 0 unspecified atom stereocenters. The number of carbonyl (C=O) groups excluding carboxylic acids is 2. The zero-order chi connectivity index (χ0) is 18.0. The molecule has 1 aromatic rings. The summed E-state index contributed by atoms with van der Waals surface area (Å²) >= 11 is 3.47. The summed E-state index contributed by atoms with van der Waals surface area (Å²) in [6.07, 6.45) is 3.60. The Morgan fingerprint density at radius 2 is 1.88 bits per heavy atom. The molecule has 1 aromatic carbocycles. The molecule has 0 radical (unpaired) electrons. The van der Waals surface area contributed by atoms with Crippen molar-refractivity contribution < 1.29 is 14.3 Å². The summed E-state index contributed by atoms with van der Waals surface area (Å²) in [5, 5.41) is 0. The highest BCUT2D eigenvalue weighted by atomic mass is 79.9. The largest absolute Gasteiger partial charge is 0.496 e. The summed E-state index contributed by atoms with van der Waals surface area (Å²) < 4.78 is 6.36. The van der Waals surface area contributed by atoms with E-state index in [1.54, 1.807) is 12.0 Å². The number of carbonyl (C=O) groups is 2. The van der Waals surface area contributed by atoms with E-state index >= 15 is 0 Å². The highest BCUT2D eigenvalue weighted by Gasteiger charge is 2.36. The van der Waals surface area contributed by atoms with Crippen LogP contribution in [0.25, 0.3) is 0 Å². The van der Waals surface area contributed by atoms with E-state index in [-0.39, 0.29) is 23.7 Å². The van der Waals surface area contributed by atoms with Crippen molar-refractivity contribution in [1.82, 2.24) is 9.80 Å². The van der Waals surface area contributed by atoms with Crippen molar-refractivity contribution in [3.8, 4) is 5.75 Å².